The molecule has 0 aliphatic rings. The molecule has 13 nitrogen and oxygen atoms in total. The fraction of sp³-hybridized carbons (Fsp3) is 0.909. The predicted octanol–water partition coefficient (Wildman–Crippen LogP) is 9.92. The van der Waals surface area contributed by atoms with E-state index in [1.54, 1.807) is 19.6 Å². The van der Waals surface area contributed by atoms with Gasteiger partial charge in [0.1, 0.15) is 6.29 Å². The molecule has 0 atom stereocenters. The molecule has 0 aliphatic heterocycles. The van der Waals surface area contributed by atoms with Crippen molar-refractivity contribution in [1.29, 1.82) is 0 Å². The number of rotatable bonds is 50. The van der Waals surface area contributed by atoms with Crippen LogP contribution in [0.1, 0.15) is 233 Å². The van der Waals surface area contributed by atoms with E-state index in [4.69, 9.17) is 5.73 Å². The number of primary amides is 1. The van der Waals surface area contributed by atoms with Crippen LogP contribution < -0.4 is 5.73 Å². The number of carbonyl (C=O) groups is 5. The highest BCUT2D eigenvalue weighted by atomic mass is 16.3. The van der Waals surface area contributed by atoms with Crippen LogP contribution in [0.25, 0.3) is 0 Å². The summed E-state index contributed by atoms with van der Waals surface area (Å²) < 4.78 is 0. The maximum Gasteiger partial charge on any atom is 0.242 e. The summed E-state index contributed by atoms with van der Waals surface area (Å²) in [6, 6.07) is 0. The van der Waals surface area contributed by atoms with Crippen molar-refractivity contribution in [3.05, 3.63) is 0 Å². The molecule has 0 saturated heterocycles. The molecule has 0 radical (unpaired) electrons. The van der Waals surface area contributed by atoms with E-state index in [1.807, 2.05) is 11.9 Å². The lowest BCUT2D eigenvalue weighted by atomic mass is 10.1. The molecule has 0 spiro atoms. The number of hydrogen-bond acceptors (Lipinski definition) is 9. The summed E-state index contributed by atoms with van der Waals surface area (Å²) in [6.07, 6.45) is 38.4. The summed E-state index contributed by atoms with van der Waals surface area (Å²) >= 11 is 0. The molecule has 0 aromatic heterocycles. The zero-order chi connectivity index (χ0) is 50.7. The smallest absolute Gasteiger partial charge is 0.242 e. The Hall–Kier alpha value is -2.61. The number of nitrogens with two attached hydrogens (primary N) is 1. The fourth-order valence-electron chi connectivity index (χ4n) is 8.53. The number of likely N-dealkylation sites (N-methyl/N-ethyl adjacent to an activating group) is 1. The third kappa shape index (κ3) is 44.6. The summed E-state index contributed by atoms with van der Waals surface area (Å²) in [5.41, 5.74) is 5.11. The predicted molar refractivity (Wildman–Crippen MR) is 284 cm³/mol. The van der Waals surface area contributed by atoms with E-state index in [0.29, 0.717) is 26.2 Å². The van der Waals surface area contributed by atoms with Gasteiger partial charge in [-0.05, 0) is 39.3 Å². The molecule has 0 aromatic rings. The topological polar surface area (TPSA) is 168 Å². The van der Waals surface area contributed by atoms with Gasteiger partial charge in [0.2, 0.25) is 23.6 Å². The van der Waals surface area contributed by atoms with Gasteiger partial charge in [0.15, 0.2) is 0 Å². The normalized spacial score (nSPS) is 11.2. The minimum atomic E-state index is -0.252. The van der Waals surface area contributed by atoms with Crippen molar-refractivity contribution >= 4 is 29.9 Å². The van der Waals surface area contributed by atoms with Crippen LogP contribution in [-0.2, 0) is 24.0 Å². The van der Waals surface area contributed by atoms with Gasteiger partial charge in [-0.3, -0.25) is 29.0 Å². The lowest BCUT2D eigenvalue weighted by Gasteiger charge is -2.30. The minimum Gasteiger partial charge on any atom is -0.395 e. The van der Waals surface area contributed by atoms with E-state index in [-0.39, 0.29) is 76.1 Å². The number of amides is 4. The van der Waals surface area contributed by atoms with E-state index < -0.39 is 0 Å². The summed E-state index contributed by atoms with van der Waals surface area (Å²) in [6.45, 7) is 11.7. The highest BCUT2D eigenvalue weighted by Crippen LogP contribution is 2.14. The number of aliphatic hydroxyl groups is 2. The Bertz CT molecular complexity index is 1160. The Morgan fingerprint density at radius 2 is 0.662 bits per heavy atom. The van der Waals surface area contributed by atoms with Crippen molar-refractivity contribution in [3.63, 3.8) is 0 Å². The fourth-order valence-corrected chi connectivity index (χ4v) is 8.53. The molecule has 0 bridgehead atoms. The molecule has 0 heterocycles. The largest absolute Gasteiger partial charge is 0.395 e. The average molecular weight is 968 g/mol. The molecule has 0 fully saturated rings. The summed E-state index contributed by atoms with van der Waals surface area (Å²) in [5, 5.41) is 19.0. The maximum absolute atomic E-state index is 14.0. The van der Waals surface area contributed by atoms with Crippen LogP contribution in [-0.4, -0.2) is 157 Å². The quantitative estimate of drug-likeness (QED) is 0.0397. The van der Waals surface area contributed by atoms with Gasteiger partial charge < -0.3 is 35.4 Å². The molecule has 0 unspecified atom stereocenters. The van der Waals surface area contributed by atoms with Crippen molar-refractivity contribution in [2.75, 3.05) is 92.3 Å². The second-order valence-electron chi connectivity index (χ2n) is 19.5. The molecule has 402 valence electrons. The van der Waals surface area contributed by atoms with Crippen LogP contribution in [0.4, 0.5) is 0 Å². The first-order valence-electron chi connectivity index (χ1n) is 28.2. The molecule has 0 aliphatic carbocycles. The molecule has 0 aromatic carbocycles. The SMILES string of the molecule is CCCCCCCCCCN(C)CC(N)=O.CCCCCCCCCCN(CC=O)C(=O)CN(CCCCCCCCCC)C(=O)CN(CCCCCCCCCC)C(=O)CN(CCO)CCO. The van der Waals surface area contributed by atoms with Crippen LogP contribution in [0, 0.1) is 0 Å². The van der Waals surface area contributed by atoms with Crippen molar-refractivity contribution in [2.24, 2.45) is 5.73 Å². The van der Waals surface area contributed by atoms with Crippen LogP contribution in [0.5, 0.6) is 0 Å². The Kier molecular flexibility index (Phi) is 51.8. The average Bonchev–Trinajstić information content (AvgIpc) is 3.31. The van der Waals surface area contributed by atoms with Crippen LogP contribution in [0.15, 0.2) is 0 Å². The molecular formula is C55H110N6O7. The highest BCUT2D eigenvalue weighted by molar-refractivity contribution is 5.89. The van der Waals surface area contributed by atoms with Gasteiger partial charge >= 0.3 is 0 Å². The van der Waals surface area contributed by atoms with Gasteiger partial charge in [-0.25, -0.2) is 0 Å². The number of carbonyl (C=O) groups excluding carboxylic acids is 5. The zero-order valence-electron chi connectivity index (χ0n) is 45.1. The molecule has 68 heavy (non-hydrogen) atoms. The first kappa shape index (κ1) is 67.5. The Balaban J connectivity index is 0. The second kappa shape index (κ2) is 52.2. The van der Waals surface area contributed by atoms with Crippen molar-refractivity contribution in [1.82, 2.24) is 24.5 Å². The number of aldehydes is 1. The van der Waals surface area contributed by atoms with Gasteiger partial charge in [-0.1, -0.05) is 207 Å². The van der Waals surface area contributed by atoms with Gasteiger partial charge in [0.25, 0.3) is 0 Å². The monoisotopic (exact) mass is 967 g/mol. The van der Waals surface area contributed by atoms with Crippen molar-refractivity contribution < 1.29 is 34.2 Å². The molecule has 0 rings (SSSR count). The lowest BCUT2D eigenvalue weighted by molar-refractivity contribution is -0.145. The number of hydrogen-bond donors (Lipinski definition) is 3. The second-order valence-corrected chi connectivity index (χ2v) is 19.5. The third-order valence-corrected chi connectivity index (χ3v) is 12.9. The lowest BCUT2D eigenvalue weighted by Crippen LogP contribution is -2.50. The standard InChI is InChI=1S/C42H82N4O6.C13H28N2O/c1-4-7-10-13-16-19-22-25-28-44(33-36-49)41(51)38-46(30-27-24-21-18-15-12-9-6-3)42(52)39-45(29-26-23-20-17-14-11-8-5-2)40(50)37-43(31-34-47)32-35-48;1-3-4-5-6-7-8-9-10-11-15(2)12-13(14)16/h36,47-48H,4-35,37-39H2,1-3H3;3-12H2,1-2H3,(H2,14,16). The molecule has 4 amide bonds. The molecule has 13 heteroatoms. The number of nitrogens with zero attached hydrogens (tertiary/aromatic N) is 5. The Labute approximate surface area is 418 Å². The van der Waals surface area contributed by atoms with Gasteiger partial charge in [-0.15, -0.1) is 0 Å². The highest BCUT2D eigenvalue weighted by Gasteiger charge is 2.25. The first-order chi connectivity index (χ1) is 33.0. The first-order valence-corrected chi connectivity index (χ1v) is 28.2. The summed E-state index contributed by atoms with van der Waals surface area (Å²) in [5.74, 6) is -0.921. The summed E-state index contributed by atoms with van der Waals surface area (Å²) in [7, 11) is 1.95. The molecular weight excluding hydrogens is 857 g/mol. The Morgan fingerprint density at radius 3 is 0.971 bits per heavy atom. The van der Waals surface area contributed by atoms with Crippen molar-refractivity contribution in [3.8, 4) is 0 Å². The van der Waals surface area contributed by atoms with E-state index >= 15 is 0 Å². The van der Waals surface area contributed by atoms with Gasteiger partial charge in [-0.2, -0.15) is 0 Å². The molecule has 4 N–H and O–H groups in total. The zero-order valence-corrected chi connectivity index (χ0v) is 45.1. The maximum atomic E-state index is 14.0. The van der Waals surface area contributed by atoms with E-state index in [9.17, 15) is 34.2 Å². The Morgan fingerprint density at radius 1 is 0.382 bits per heavy atom. The van der Waals surface area contributed by atoms with Gasteiger partial charge in [0, 0.05) is 32.7 Å². The summed E-state index contributed by atoms with van der Waals surface area (Å²) in [4.78, 5) is 71.9. The van der Waals surface area contributed by atoms with E-state index in [2.05, 4.69) is 27.7 Å². The van der Waals surface area contributed by atoms with Crippen LogP contribution in [0.2, 0.25) is 0 Å². The van der Waals surface area contributed by atoms with Gasteiger partial charge in [0.05, 0.1) is 45.9 Å². The molecule has 0 saturated carbocycles. The van der Waals surface area contributed by atoms with Crippen LogP contribution >= 0.6 is 0 Å². The number of unbranched alkanes of at least 4 members (excludes halogenated alkanes) is 28. The van der Waals surface area contributed by atoms with E-state index in [0.717, 1.165) is 77.0 Å². The third-order valence-electron chi connectivity index (χ3n) is 12.9. The van der Waals surface area contributed by atoms with Crippen molar-refractivity contribution in [2.45, 2.75) is 233 Å². The number of aliphatic hydroxyl groups excluding tert-OH is 2. The minimum absolute atomic E-state index is 0.00803. The van der Waals surface area contributed by atoms with E-state index in [1.165, 1.54) is 141 Å². The van der Waals surface area contributed by atoms with Crippen LogP contribution in [0.3, 0.4) is 0 Å².